The highest BCUT2D eigenvalue weighted by Crippen LogP contribution is 2.38. The average molecular weight is 412 g/mol. The summed E-state index contributed by atoms with van der Waals surface area (Å²) in [5.41, 5.74) is 6.49. The van der Waals surface area contributed by atoms with Gasteiger partial charge in [-0.3, -0.25) is 0 Å². The molecule has 1 fully saturated rings. The largest absolute Gasteiger partial charge is 0.378 e. The highest BCUT2D eigenvalue weighted by molar-refractivity contribution is 6.36. The number of nitrogens with zero attached hydrogens (tertiary/aromatic N) is 3. The second kappa shape index (κ2) is 7.22. The van der Waals surface area contributed by atoms with Gasteiger partial charge in [0, 0.05) is 12.1 Å². The second-order valence-corrected chi connectivity index (χ2v) is 7.47. The molecule has 0 aliphatic heterocycles. The van der Waals surface area contributed by atoms with E-state index in [0.717, 1.165) is 37.8 Å². The molecule has 1 saturated carbocycles. The number of benzene rings is 1. The predicted octanol–water partition coefficient (Wildman–Crippen LogP) is 4.66. The Morgan fingerprint density at radius 1 is 1.11 bits per heavy atom. The molecule has 3 aromatic rings. The third-order valence-corrected chi connectivity index (χ3v) is 5.49. The van der Waals surface area contributed by atoms with Crippen molar-refractivity contribution in [3.63, 3.8) is 0 Å². The van der Waals surface area contributed by atoms with E-state index in [2.05, 4.69) is 15.4 Å². The first kappa shape index (κ1) is 18.4. The quantitative estimate of drug-likeness (QED) is 0.657. The topological polar surface area (TPSA) is 68.2 Å². The Balaban J connectivity index is 1.86. The van der Waals surface area contributed by atoms with Crippen LogP contribution in [0, 0.1) is 11.6 Å². The van der Waals surface area contributed by atoms with Crippen LogP contribution >= 0.6 is 23.2 Å². The minimum atomic E-state index is -0.755. The van der Waals surface area contributed by atoms with Gasteiger partial charge in [0.1, 0.15) is 23.0 Å². The van der Waals surface area contributed by atoms with E-state index in [1.165, 1.54) is 16.8 Å². The number of hydrogen-bond acceptors (Lipinski definition) is 4. The number of aromatic nitrogens is 3. The standard InChI is InChI=1S/C18H17Cl2F2N5/c19-13-8-24-18-17(25-10-6-4-9(23)5-7-10)15(20)16(26-27(13)18)14-11(21)2-1-3-12(14)22/h1-3,8-10,25H,4-7,23H2/t9-,10-. The highest BCUT2D eigenvalue weighted by atomic mass is 35.5. The van der Waals surface area contributed by atoms with E-state index in [9.17, 15) is 8.78 Å². The van der Waals surface area contributed by atoms with E-state index < -0.39 is 11.6 Å². The third-order valence-electron chi connectivity index (χ3n) is 4.87. The number of rotatable bonds is 3. The maximum Gasteiger partial charge on any atom is 0.180 e. The molecule has 0 amide bonds. The number of anilines is 1. The molecule has 1 aliphatic rings. The van der Waals surface area contributed by atoms with Crippen LogP contribution in [0.15, 0.2) is 24.4 Å². The van der Waals surface area contributed by atoms with Crippen LogP contribution in [0.3, 0.4) is 0 Å². The van der Waals surface area contributed by atoms with E-state index >= 15 is 0 Å². The number of halogens is 4. The molecule has 0 bridgehead atoms. The lowest BCUT2D eigenvalue weighted by atomic mass is 9.91. The third kappa shape index (κ3) is 3.35. The van der Waals surface area contributed by atoms with Gasteiger partial charge in [-0.25, -0.2) is 13.8 Å². The molecular weight excluding hydrogens is 395 g/mol. The van der Waals surface area contributed by atoms with E-state index in [1.807, 2.05) is 0 Å². The second-order valence-electron chi connectivity index (χ2n) is 6.71. The molecule has 9 heteroatoms. The van der Waals surface area contributed by atoms with Crippen molar-refractivity contribution in [2.24, 2.45) is 5.73 Å². The molecule has 27 heavy (non-hydrogen) atoms. The first-order valence-electron chi connectivity index (χ1n) is 8.65. The van der Waals surface area contributed by atoms with Crippen molar-refractivity contribution in [1.82, 2.24) is 14.6 Å². The van der Waals surface area contributed by atoms with Crippen LogP contribution in [0.1, 0.15) is 25.7 Å². The summed E-state index contributed by atoms with van der Waals surface area (Å²) in [7, 11) is 0. The number of imidazole rings is 1. The Morgan fingerprint density at radius 3 is 2.44 bits per heavy atom. The van der Waals surface area contributed by atoms with Crippen LogP contribution in [0.4, 0.5) is 14.5 Å². The van der Waals surface area contributed by atoms with E-state index in [4.69, 9.17) is 28.9 Å². The molecule has 2 heterocycles. The molecule has 1 aromatic carbocycles. The van der Waals surface area contributed by atoms with E-state index in [1.54, 1.807) is 0 Å². The van der Waals surface area contributed by atoms with E-state index in [-0.39, 0.29) is 33.5 Å². The van der Waals surface area contributed by atoms with Gasteiger partial charge in [0.2, 0.25) is 0 Å². The van der Waals surface area contributed by atoms with Gasteiger partial charge < -0.3 is 11.1 Å². The summed E-state index contributed by atoms with van der Waals surface area (Å²) < 4.78 is 30.0. The lowest BCUT2D eigenvalue weighted by Gasteiger charge is -2.28. The molecule has 4 rings (SSSR count). The molecule has 2 aromatic heterocycles. The van der Waals surface area contributed by atoms with Gasteiger partial charge in [-0.2, -0.15) is 9.61 Å². The molecule has 0 atom stereocenters. The average Bonchev–Trinajstić information content (AvgIpc) is 3.00. The molecule has 5 nitrogen and oxygen atoms in total. The van der Waals surface area contributed by atoms with Crippen molar-refractivity contribution in [1.29, 1.82) is 0 Å². The normalized spacial score (nSPS) is 20.2. The van der Waals surface area contributed by atoms with Crippen molar-refractivity contribution in [2.75, 3.05) is 5.32 Å². The van der Waals surface area contributed by atoms with Crippen LogP contribution in [-0.4, -0.2) is 26.7 Å². The van der Waals surface area contributed by atoms with Crippen LogP contribution in [-0.2, 0) is 0 Å². The summed E-state index contributed by atoms with van der Waals surface area (Å²) in [4.78, 5) is 4.25. The SMILES string of the molecule is N[C@H]1CC[C@H](Nc2c(Cl)c(-c3c(F)cccc3F)nn3c(Cl)cnc23)CC1. The first-order valence-corrected chi connectivity index (χ1v) is 9.40. The number of hydrogen-bond donors (Lipinski definition) is 2. The van der Waals surface area contributed by atoms with Crippen LogP contribution in [0.25, 0.3) is 16.9 Å². The van der Waals surface area contributed by atoms with Crippen LogP contribution in [0.5, 0.6) is 0 Å². The van der Waals surface area contributed by atoms with Crippen molar-refractivity contribution < 1.29 is 8.78 Å². The lowest BCUT2D eigenvalue weighted by molar-refractivity contribution is 0.411. The Labute approximate surface area is 164 Å². The Kier molecular flexibility index (Phi) is 4.92. The molecule has 0 unspecified atom stereocenters. The summed E-state index contributed by atoms with van der Waals surface area (Å²) >= 11 is 12.7. The number of nitrogens with two attached hydrogens (primary N) is 1. The smallest absolute Gasteiger partial charge is 0.180 e. The van der Waals surface area contributed by atoms with Crippen LogP contribution in [0.2, 0.25) is 10.2 Å². The van der Waals surface area contributed by atoms with Crippen LogP contribution < -0.4 is 11.1 Å². The maximum absolute atomic E-state index is 14.3. The van der Waals surface area contributed by atoms with Gasteiger partial charge in [-0.15, -0.1) is 0 Å². The van der Waals surface area contributed by atoms with Gasteiger partial charge in [-0.05, 0) is 37.8 Å². The molecule has 3 N–H and O–H groups in total. The van der Waals surface area contributed by atoms with Crippen molar-refractivity contribution in [3.8, 4) is 11.3 Å². The summed E-state index contributed by atoms with van der Waals surface area (Å²) in [6.07, 6.45) is 4.93. The molecule has 0 saturated heterocycles. The van der Waals surface area contributed by atoms with Gasteiger partial charge >= 0.3 is 0 Å². The summed E-state index contributed by atoms with van der Waals surface area (Å²) in [5, 5.41) is 7.92. The Hall–Kier alpha value is -1.96. The summed E-state index contributed by atoms with van der Waals surface area (Å²) in [5.74, 6) is -1.51. The van der Waals surface area contributed by atoms with Crippen molar-refractivity contribution in [2.45, 2.75) is 37.8 Å². The number of nitrogens with one attached hydrogen (secondary N) is 1. The zero-order valence-electron chi connectivity index (χ0n) is 14.2. The molecule has 0 radical (unpaired) electrons. The minimum absolute atomic E-state index is 0.0327. The highest BCUT2D eigenvalue weighted by Gasteiger charge is 2.25. The number of fused-ring (bicyclic) bond motifs is 1. The Bertz CT molecular complexity index is 979. The van der Waals surface area contributed by atoms with Gasteiger partial charge in [0.05, 0.1) is 16.8 Å². The fourth-order valence-corrected chi connectivity index (χ4v) is 3.87. The fourth-order valence-electron chi connectivity index (χ4n) is 3.43. The van der Waals surface area contributed by atoms with Crippen molar-refractivity contribution >= 4 is 34.5 Å². The maximum atomic E-state index is 14.3. The lowest BCUT2D eigenvalue weighted by Crippen LogP contribution is -2.33. The van der Waals surface area contributed by atoms with E-state index in [0.29, 0.717) is 11.3 Å². The van der Waals surface area contributed by atoms with Gasteiger partial charge in [-0.1, -0.05) is 29.3 Å². The molecular formula is C18H17Cl2F2N5. The van der Waals surface area contributed by atoms with Gasteiger partial charge in [0.25, 0.3) is 0 Å². The Morgan fingerprint density at radius 2 is 1.78 bits per heavy atom. The fraction of sp³-hybridized carbons (Fsp3) is 0.333. The minimum Gasteiger partial charge on any atom is -0.378 e. The first-order chi connectivity index (χ1) is 13.0. The monoisotopic (exact) mass is 411 g/mol. The predicted molar refractivity (Wildman–Crippen MR) is 102 cm³/mol. The van der Waals surface area contributed by atoms with Crippen molar-refractivity contribution in [3.05, 3.63) is 46.2 Å². The van der Waals surface area contributed by atoms with Gasteiger partial charge in [0.15, 0.2) is 10.8 Å². The molecule has 0 spiro atoms. The molecule has 142 valence electrons. The molecule has 1 aliphatic carbocycles. The summed E-state index contributed by atoms with van der Waals surface area (Å²) in [6, 6.07) is 3.93. The summed E-state index contributed by atoms with van der Waals surface area (Å²) in [6.45, 7) is 0. The zero-order valence-corrected chi connectivity index (χ0v) is 15.7. The zero-order chi connectivity index (χ0) is 19.1.